The van der Waals surface area contributed by atoms with Crippen molar-refractivity contribution in [3.63, 3.8) is 0 Å². The Morgan fingerprint density at radius 2 is 1.70 bits per heavy atom. The van der Waals surface area contributed by atoms with Gasteiger partial charge in [-0.3, -0.25) is 19.2 Å². The van der Waals surface area contributed by atoms with E-state index >= 15 is 0 Å². The fourth-order valence-corrected chi connectivity index (χ4v) is 3.96. The maximum Gasteiger partial charge on any atom is 0.246 e. The molecule has 0 bridgehead atoms. The van der Waals surface area contributed by atoms with Gasteiger partial charge in [-0.15, -0.1) is 0 Å². The molecule has 0 spiro atoms. The minimum atomic E-state index is -1.24. The van der Waals surface area contributed by atoms with Crippen LogP contribution >= 0.6 is 0 Å². The lowest BCUT2D eigenvalue weighted by atomic mass is 9.99. The van der Waals surface area contributed by atoms with E-state index in [0.29, 0.717) is 32.2 Å². The molecular formula is C22H30N4O4. The Morgan fingerprint density at radius 1 is 1.00 bits per heavy atom. The molecule has 0 aliphatic carbocycles. The Bertz CT molecular complexity index is 824. The average Bonchev–Trinajstić information content (AvgIpc) is 3.20. The van der Waals surface area contributed by atoms with Gasteiger partial charge in [0.15, 0.2) is 0 Å². The van der Waals surface area contributed by atoms with Crippen molar-refractivity contribution >= 4 is 23.6 Å². The molecule has 0 saturated carbocycles. The van der Waals surface area contributed by atoms with E-state index in [1.54, 1.807) is 25.7 Å². The smallest absolute Gasteiger partial charge is 0.246 e. The predicted octanol–water partition coefficient (Wildman–Crippen LogP) is 0.508. The van der Waals surface area contributed by atoms with Crippen LogP contribution < -0.4 is 16.0 Å². The molecule has 2 fully saturated rings. The minimum Gasteiger partial charge on any atom is -0.343 e. The van der Waals surface area contributed by atoms with Crippen molar-refractivity contribution in [3.8, 4) is 0 Å². The summed E-state index contributed by atoms with van der Waals surface area (Å²) < 4.78 is 0. The molecule has 1 aromatic rings. The summed E-state index contributed by atoms with van der Waals surface area (Å²) in [6, 6.07) is 7.19. The highest BCUT2D eigenvalue weighted by molar-refractivity contribution is 5.99. The highest BCUT2D eigenvalue weighted by atomic mass is 16.2. The number of carbonyl (C=O) groups is 4. The summed E-state index contributed by atoms with van der Waals surface area (Å²) in [6.07, 6.45) is 1.92. The molecule has 3 atom stereocenters. The van der Waals surface area contributed by atoms with Crippen molar-refractivity contribution in [2.75, 3.05) is 6.54 Å². The van der Waals surface area contributed by atoms with Gasteiger partial charge in [0.25, 0.3) is 0 Å². The molecule has 1 aromatic carbocycles. The van der Waals surface area contributed by atoms with Crippen molar-refractivity contribution in [2.45, 2.75) is 70.1 Å². The third-order valence-corrected chi connectivity index (χ3v) is 5.77. The van der Waals surface area contributed by atoms with E-state index in [9.17, 15) is 19.2 Å². The molecule has 4 amide bonds. The lowest BCUT2D eigenvalue weighted by molar-refractivity contribution is -0.144. The monoisotopic (exact) mass is 414 g/mol. The van der Waals surface area contributed by atoms with Crippen molar-refractivity contribution in [1.82, 2.24) is 20.9 Å². The third-order valence-electron chi connectivity index (χ3n) is 5.77. The molecule has 3 rings (SSSR count). The van der Waals surface area contributed by atoms with E-state index in [1.807, 2.05) is 30.3 Å². The minimum absolute atomic E-state index is 0.277. The molecule has 2 heterocycles. The number of amides is 4. The maximum atomic E-state index is 13.4. The summed E-state index contributed by atoms with van der Waals surface area (Å²) >= 11 is 0. The zero-order chi connectivity index (χ0) is 21.9. The SMILES string of the molecule is CC[C@@H]1NC(=O)[C@H]2CCCN2C(=O)[C@H](Cc2ccccc2)NC(=O)C(C)(C)NC1=O. The molecule has 2 aliphatic rings. The maximum absolute atomic E-state index is 13.4. The molecule has 0 radical (unpaired) electrons. The van der Waals surface area contributed by atoms with Crippen LogP contribution in [0.5, 0.6) is 0 Å². The van der Waals surface area contributed by atoms with Crippen LogP contribution in [0, 0.1) is 0 Å². The number of rotatable bonds is 3. The second kappa shape index (κ2) is 8.85. The lowest BCUT2D eigenvalue weighted by Crippen LogP contribution is -2.64. The summed E-state index contributed by atoms with van der Waals surface area (Å²) in [4.78, 5) is 53.6. The van der Waals surface area contributed by atoms with Gasteiger partial charge in [-0.1, -0.05) is 37.3 Å². The zero-order valence-corrected chi connectivity index (χ0v) is 17.7. The van der Waals surface area contributed by atoms with E-state index < -0.39 is 35.5 Å². The van der Waals surface area contributed by atoms with Gasteiger partial charge in [-0.25, -0.2) is 0 Å². The lowest BCUT2D eigenvalue weighted by Gasteiger charge is -2.34. The molecular weight excluding hydrogens is 384 g/mol. The van der Waals surface area contributed by atoms with Gasteiger partial charge < -0.3 is 20.9 Å². The fraction of sp³-hybridized carbons (Fsp3) is 0.545. The number of benzene rings is 1. The standard InChI is InChI=1S/C22H30N4O4/c1-4-15-18(27)25-22(2,3)21(30)24-16(13-14-9-6-5-7-10-14)20(29)26-12-8-11-17(26)19(28)23-15/h5-7,9-10,15-17H,4,8,11-13H2,1-3H3,(H,23,28)(H,24,30)(H,25,27)/t15-,16-,17+/m0/s1. The number of nitrogens with zero attached hydrogens (tertiary/aromatic N) is 1. The van der Waals surface area contributed by atoms with Gasteiger partial charge in [-0.2, -0.15) is 0 Å². The highest BCUT2D eigenvalue weighted by Gasteiger charge is 2.41. The zero-order valence-electron chi connectivity index (χ0n) is 17.7. The second-order valence-corrected chi connectivity index (χ2v) is 8.49. The molecule has 8 nitrogen and oxygen atoms in total. The molecule has 0 unspecified atom stereocenters. The van der Waals surface area contributed by atoms with Crippen molar-refractivity contribution in [3.05, 3.63) is 35.9 Å². The Kier molecular flexibility index (Phi) is 6.43. The first-order chi connectivity index (χ1) is 14.2. The number of hydrogen-bond acceptors (Lipinski definition) is 4. The van der Waals surface area contributed by atoms with Gasteiger partial charge in [0, 0.05) is 13.0 Å². The summed E-state index contributed by atoms with van der Waals surface area (Å²) in [7, 11) is 0. The van der Waals surface area contributed by atoms with Crippen LogP contribution in [-0.4, -0.2) is 58.7 Å². The van der Waals surface area contributed by atoms with Crippen molar-refractivity contribution in [1.29, 1.82) is 0 Å². The predicted molar refractivity (Wildman–Crippen MR) is 111 cm³/mol. The van der Waals surface area contributed by atoms with Crippen LogP contribution in [0.2, 0.25) is 0 Å². The van der Waals surface area contributed by atoms with Crippen molar-refractivity contribution in [2.24, 2.45) is 0 Å². The van der Waals surface area contributed by atoms with Gasteiger partial charge in [0.1, 0.15) is 23.7 Å². The average molecular weight is 415 g/mol. The normalized spacial score (nSPS) is 27.3. The van der Waals surface area contributed by atoms with Gasteiger partial charge in [-0.05, 0) is 38.7 Å². The Balaban J connectivity index is 1.95. The third kappa shape index (κ3) is 4.63. The van der Waals surface area contributed by atoms with Crippen LogP contribution in [-0.2, 0) is 25.6 Å². The van der Waals surface area contributed by atoms with Crippen LogP contribution in [0.4, 0.5) is 0 Å². The van der Waals surface area contributed by atoms with E-state index in [4.69, 9.17) is 0 Å². The number of hydrogen-bond donors (Lipinski definition) is 3. The van der Waals surface area contributed by atoms with Crippen LogP contribution in [0.1, 0.15) is 45.6 Å². The van der Waals surface area contributed by atoms with Crippen LogP contribution in [0.3, 0.4) is 0 Å². The van der Waals surface area contributed by atoms with Gasteiger partial charge >= 0.3 is 0 Å². The van der Waals surface area contributed by atoms with E-state index in [0.717, 1.165) is 5.56 Å². The first kappa shape index (κ1) is 21.8. The summed E-state index contributed by atoms with van der Waals surface area (Å²) in [6.45, 7) is 5.41. The summed E-state index contributed by atoms with van der Waals surface area (Å²) in [5.74, 6) is -1.46. The van der Waals surface area contributed by atoms with Crippen LogP contribution in [0.25, 0.3) is 0 Å². The summed E-state index contributed by atoms with van der Waals surface area (Å²) in [5.41, 5.74) is -0.343. The molecule has 2 saturated heterocycles. The second-order valence-electron chi connectivity index (χ2n) is 8.49. The van der Waals surface area contributed by atoms with Crippen molar-refractivity contribution < 1.29 is 19.2 Å². The Morgan fingerprint density at radius 3 is 2.37 bits per heavy atom. The highest BCUT2D eigenvalue weighted by Crippen LogP contribution is 2.21. The quantitative estimate of drug-likeness (QED) is 0.670. The Hall–Kier alpha value is -2.90. The first-order valence-electron chi connectivity index (χ1n) is 10.5. The topological polar surface area (TPSA) is 108 Å². The molecule has 0 aromatic heterocycles. The first-order valence-corrected chi connectivity index (χ1v) is 10.5. The largest absolute Gasteiger partial charge is 0.343 e. The van der Waals surface area contributed by atoms with Gasteiger partial charge in [0.2, 0.25) is 23.6 Å². The van der Waals surface area contributed by atoms with E-state index in [-0.39, 0.29) is 11.8 Å². The molecule has 8 heteroatoms. The van der Waals surface area contributed by atoms with Gasteiger partial charge in [0.05, 0.1) is 0 Å². The molecule has 162 valence electrons. The number of carbonyl (C=O) groups excluding carboxylic acids is 4. The van der Waals surface area contributed by atoms with Crippen LogP contribution in [0.15, 0.2) is 30.3 Å². The van der Waals surface area contributed by atoms with E-state index in [2.05, 4.69) is 16.0 Å². The summed E-state index contributed by atoms with van der Waals surface area (Å²) in [5, 5.41) is 8.31. The Labute approximate surface area is 176 Å². The number of nitrogens with one attached hydrogen (secondary N) is 3. The molecule has 2 aliphatic heterocycles. The number of fused-ring (bicyclic) bond motifs is 1. The fourth-order valence-electron chi connectivity index (χ4n) is 3.96. The van der Waals surface area contributed by atoms with E-state index in [1.165, 1.54) is 0 Å². The molecule has 3 N–H and O–H groups in total. The molecule has 30 heavy (non-hydrogen) atoms.